The van der Waals surface area contributed by atoms with Crippen molar-refractivity contribution in [2.75, 3.05) is 7.11 Å². The zero-order valence-electron chi connectivity index (χ0n) is 14.9. The van der Waals surface area contributed by atoms with Gasteiger partial charge in [-0.25, -0.2) is 14.4 Å². The molecule has 0 saturated carbocycles. The molecule has 0 aliphatic carbocycles. The van der Waals surface area contributed by atoms with Crippen LogP contribution in [0.15, 0.2) is 63.8 Å². The van der Waals surface area contributed by atoms with Crippen molar-refractivity contribution in [3.05, 3.63) is 81.7 Å². The summed E-state index contributed by atoms with van der Waals surface area (Å²) >= 11 is 0. The Bertz CT molecular complexity index is 1110. The Labute approximate surface area is 159 Å². The molecule has 7 heteroatoms. The number of ether oxygens (including phenoxy) is 2. The lowest BCUT2D eigenvalue weighted by Crippen LogP contribution is -2.05. The molecule has 0 bridgehead atoms. The van der Waals surface area contributed by atoms with Crippen LogP contribution >= 0.6 is 0 Å². The Morgan fingerprint density at radius 1 is 1.11 bits per heavy atom. The maximum absolute atomic E-state index is 12.0. The van der Waals surface area contributed by atoms with Gasteiger partial charge in [0.2, 0.25) is 0 Å². The van der Waals surface area contributed by atoms with Crippen LogP contribution in [0.4, 0.5) is 0 Å². The van der Waals surface area contributed by atoms with Crippen LogP contribution in [0.3, 0.4) is 0 Å². The largest absolute Gasteiger partial charge is 0.508 e. The van der Waals surface area contributed by atoms with E-state index in [4.69, 9.17) is 9.15 Å². The first kappa shape index (κ1) is 18.9. The molecule has 0 unspecified atom stereocenters. The van der Waals surface area contributed by atoms with Gasteiger partial charge in [-0.05, 0) is 35.9 Å². The number of carbonyl (C=O) groups is 2. The third kappa shape index (κ3) is 4.45. The van der Waals surface area contributed by atoms with Crippen molar-refractivity contribution >= 4 is 29.0 Å². The SMILES string of the molecule is COC(=O)c1ccc(/C=C/C(=O)OCc2cc(=O)oc3cc(O)ccc23)cc1. The smallest absolute Gasteiger partial charge is 0.337 e. The third-order valence-corrected chi connectivity index (χ3v) is 3.93. The van der Waals surface area contributed by atoms with E-state index in [-0.39, 0.29) is 17.9 Å². The molecule has 0 amide bonds. The lowest BCUT2D eigenvalue weighted by molar-refractivity contribution is -0.138. The number of rotatable bonds is 5. The van der Waals surface area contributed by atoms with E-state index in [1.165, 1.54) is 31.4 Å². The molecular formula is C21H16O7. The van der Waals surface area contributed by atoms with Gasteiger partial charge in [-0.1, -0.05) is 12.1 Å². The average molecular weight is 380 g/mol. The molecular weight excluding hydrogens is 364 g/mol. The molecule has 28 heavy (non-hydrogen) atoms. The topological polar surface area (TPSA) is 103 Å². The van der Waals surface area contributed by atoms with Crippen LogP contribution in [0.1, 0.15) is 21.5 Å². The highest BCUT2D eigenvalue weighted by Crippen LogP contribution is 2.22. The highest BCUT2D eigenvalue weighted by atomic mass is 16.5. The summed E-state index contributed by atoms with van der Waals surface area (Å²) in [6, 6.07) is 12.1. The van der Waals surface area contributed by atoms with E-state index in [1.807, 2.05) is 0 Å². The van der Waals surface area contributed by atoms with Gasteiger partial charge in [-0.2, -0.15) is 0 Å². The second kappa shape index (κ2) is 8.22. The summed E-state index contributed by atoms with van der Waals surface area (Å²) in [5, 5.41) is 10.1. The quantitative estimate of drug-likeness (QED) is 0.412. The lowest BCUT2D eigenvalue weighted by atomic mass is 10.1. The molecule has 0 atom stereocenters. The number of benzene rings is 2. The van der Waals surface area contributed by atoms with Crippen molar-refractivity contribution in [1.29, 1.82) is 0 Å². The lowest BCUT2D eigenvalue weighted by Gasteiger charge is -2.06. The van der Waals surface area contributed by atoms with E-state index in [0.29, 0.717) is 22.1 Å². The number of aromatic hydroxyl groups is 1. The molecule has 142 valence electrons. The molecule has 2 aromatic carbocycles. The Morgan fingerprint density at radius 3 is 2.57 bits per heavy atom. The third-order valence-electron chi connectivity index (χ3n) is 3.93. The van der Waals surface area contributed by atoms with Crippen molar-refractivity contribution in [3.8, 4) is 5.75 Å². The molecule has 7 nitrogen and oxygen atoms in total. The van der Waals surface area contributed by atoms with Crippen molar-refractivity contribution in [3.63, 3.8) is 0 Å². The van der Waals surface area contributed by atoms with Gasteiger partial charge >= 0.3 is 17.6 Å². The van der Waals surface area contributed by atoms with E-state index < -0.39 is 17.6 Å². The minimum absolute atomic E-state index is 0.0362. The van der Waals surface area contributed by atoms with Crippen LogP contribution in [-0.4, -0.2) is 24.2 Å². The fraction of sp³-hybridized carbons (Fsp3) is 0.0952. The Balaban J connectivity index is 1.67. The van der Waals surface area contributed by atoms with Gasteiger partial charge in [0.1, 0.15) is 17.9 Å². The molecule has 0 radical (unpaired) electrons. The normalized spacial score (nSPS) is 10.9. The van der Waals surface area contributed by atoms with Gasteiger partial charge in [0.15, 0.2) is 0 Å². The monoisotopic (exact) mass is 380 g/mol. The second-order valence-electron chi connectivity index (χ2n) is 5.83. The summed E-state index contributed by atoms with van der Waals surface area (Å²) in [5.41, 5.74) is 1.18. The minimum Gasteiger partial charge on any atom is -0.508 e. The molecule has 1 aromatic heterocycles. The predicted octanol–water partition coefficient (Wildman–Crippen LogP) is 3.04. The van der Waals surface area contributed by atoms with E-state index in [9.17, 15) is 19.5 Å². The zero-order chi connectivity index (χ0) is 20.1. The molecule has 0 aliphatic heterocycles. The van der Waals surface area contributed by atoms with E-state index in [0.717, 1.165) is 0 Å². The van der Waals surface area contributed by atoms with Crippen LogP contribution in [0.25, 0.3) is 17.0 Å². The van der Waals surface area contributed by atoms with Crippen LogP contribution in [0, 0.1) is 0 Å². The number of hydrogen-bond acceptors (Lipinski definition) is 7. The van der Waals surface area contributed by atoms with Gasteiger partial charge < -0.3 is 19.0 Å². The molecule has 0 aliphatic rings. The van der Waals surface area contributed by atoms with Crippen LogP contribution in [0.2, 0.25) is 0 Å². The second-order valence-corrected chi connectivity index (χ2v) is 5.83. The standard InChI is InChI=1S/C21H16O7/c1-26-21(25)14-5-2-13(3-6-14)4-9-19(23)27-12-15-10-20(24)28-18-11-16(22)7-8-17(15)18/h2-11,22H,12H2,1H3/b9-4+. The van der Waals surface area contributed by atoms with Crippen molar-refractivity contribution in [2.24, 2.45) is 0 Å². The van der Waals surface area contributed by atoms with E-state index in [2.05, 4.69) is 4.74 Å². The summed E-state index contributed by atoms with van der Waals surface area (Å²) in [5.74, 6) is -1.08. The Morgan fingerprint density at radius 2 is 1.86 bits per heavy atom. The van der Waals surface area contributed by atoms with Gasteiger partial charge in [-0.15, -0.1) is 0 Å². The number of phenols is 1. The van der Waals surface area contributed by atoms with Gasteiger partial charge in [0.25, 0.3) is 0 Å². The zero-order valence-corrected chi connectivity index (χ0v) is 14.9. The molecule has 3 rings (SSSR count). The molecule has 0 spiro atoms. The molecule has 1 N–H and O–H groups in total. The number of methoxy groups -OCH3 is 1. The van der Waals surface area contributed by atoms with Crippen LogP contribution in [0.5, 0.6) is 5.75 Å². The number of carbonyl (C=O) groups excluding carboxylic acids is 2. The number of fused-ring (bicyclic) bond motifs is 1. The first-order chi connectivity index (χ1) is 13.5. The Kier molecular flexibility index (Phi) is 5.55. The van der Waals surface area contributed by atoms with Gasteiger partial charge in [0, 0.05) is 29.2 Å². The van der Waals surface area contributed by atoms with Crippen molar-refractivity contribution in [1.82, 2.24) is 0 Å². The minimum atomic E-state index is -0.606. The number of hydrogen-bond donors (Lipinski definition) is 1. The van der Waals surface area contributed by atoms with Gasteiger partial charge in [-0.3, -0.25) is 0 Å². The van der Waals surface area contributed by atoms with Crippen LogP contribution < -0.4 is 5.63 Å². The Hall–Kier alpha value is -3.87. The van der Waals surface area contributed by atoms with Crippen molar-refractivity contribution < 1.29 is 28.6 Å². The first-order valence-corrected chi connectivity index (χ1v) is 8.25. The van der Waals surface area contributed by atoms with Crippen LogP contribution in [-0.2, 0) is 20.9 Å². The number of phenolic OH excluding ortho intramolecular Hbond substituents is 1. The maximum Gasteiger partial charge on any atom is 0.337 e. The molecule has 3 aromatic rings. The summed E-state index contributed by atoms with van der Waals surface area (Å²) in [6.45, 7) is -0.128. The summed E-state index contributed by atoms with van der Waals surface area (Å²) < 4.78 is 14.8. The summed E-state index contributed by atoms with van der Waals surface area (Å²) in [4.78, 5) is 35.0. The molecule has 1 heterocycles. The van der Waals surface area contributed by atoms with E-state index in [1.54, 1.807) is 36.4 Å². The first-order valence-electron chi connectivity index (χ1n) is 8.25. The van der Waals surface area contributed by atoms with E-state index >= 15 is 0 Å². The van der Waals surface area contributed by atoms with Gasteiger partial charge in [0.05, 0.1) is 12.7 Å². The fourth-order valence-corrected chi connectivity index (χ4v) is 2.55. The highest BCUT2D eigenvalue weighted by Gasteiger charge is 2.09. The fourth-order valence-electron chi connectivity index (χ4n) is 2.55. The summed E-state index contributed by atoms with van der Waals surface area (Å²) in [7, 11) is 1.30. The predicted molar refractivity (Wildman–Crippen MR) is 101 cm³/mol. The maximum atomic E-state index is 12.0. The summed E-state index contributed by atoms with van der Waals surface area (Å²) in [6.07, 6.45) is 2.78. The highest BCUT2D eigenvalue weighted by molar-refractivity contribution is 5.90. The van der Waals surface area contributed by atoms with Crippen molar-refractivity contribution in [2.45, 2.75) is 6.61 Å². The molecule has 0 fully saturated rings. The molecule has 0 saturated heterocycles. The number of esters is 2. The average Bonchev–Trinajstić information content (AvgIpc) is 2.69.